The van der Waals surface area contributed by atoms with Crippen LogP contribution in [-0.2, 0) is 25.5 Å². The van der Waals surface area contributed by atoms with Crippen molar-refractivity contribution < 1.29 is 24.2 Å². The first-order valence-electron chi connectivity index (χ1n) is 12.7. The number of aliphatic hydroxyl groups excluding tert-OH is 1. The summed E-state index contributed by atoms with van der Waals surface area (Å²) in [5.74, 6) is -2.21. The number of fused-ring (bicyclic) bond motifs is 1. The number of likely N-dealkylation sites (tertiary alicyclic amines) is 1. The van der Waals surface area contributed by atoms with Gasteiger partial charge in [-0.15, -0.1) is 0 Å². The third kappa shape index (κ3) is 4.09. The van der Waals surface area contributed by atoms with Crippen LogP contribution >= 0.6 is 15.9 Å². The van der Waals surface area contributed by atoms with Crippen LogP contribution in [0.15, 0.2) is 30.3 Å². The van der Waals surface area contributed by atoms with Gasteiger partial charge in [-0.1, -0.05) is 65.5 Å². The van der Waals surface area contributed by atoms with Crippen LogP contribution in [0.2, 0.25) is 0 Å². The maximum Gasteiger partial charge on any atom is 0.246 e. The van der Waals surface area contributed by atoms with E-state index in [-0.39, 0.29) is 35.2 Å². The minimum atomic E-state index is -1.10. The van der Waals surface area contributed by atoms with Crippen molar-refractivity contribution in [3.63, 3.8) is 0 Å². The first-order chi connectivity index (χ1) is 16.9. The largest absolute Gasteiger partial charge is 0.394 e. The van der Waals surface area contributed by atoms with Crippen LogP contribution in [-0.4, -0.2) is 76.0 Å². The number of benzene rings is 1. The highest BCUT2D eigenvalue weighted by molar-refractivity contribution is 9.09. The number of carbonyl (C=O) groups excluding carboxylic acids is 3. The van der Waals surface area contributed by atoms with E-state index in [4.69, 9.17) is 4.74 Å². The molecular formula is C26H34BrN3O5. The second-order valence-corrected chi connectivity index (χ2v) is 11.6. The third-order valence-corrected chi connectivity index (χ3v) is 9.24. The molecule has 3 saturated heterocycles. The number of hydrogen-bond donors (Lipinski definition) is 3. The van der Waals surface area contributed by atoms with Crippen LogP contribution in [0.5, 0.6) is 0 Å². The summed E-state index contributed by atoms with van der Waals surface area (Å²) in [5.41, 5.74) is -0.137. The molecule has 4 fully saturated rings. The van der Waals surface area contributed by atoms with Crippen molar-refractivity contribution in [3.05, 3.63) is 35.9 Å². The van der Waals surface area contributed by atoms with Crippen LogP contribution in [0.25, 0.3) is 0 Å². The molecule has 9 heteroatoms. The molecule has 4 aliphatic rings. The van der Waals surface area contributed by atoms with Crippen molar-refractivity contribution in [2.75, 3.05) is 13.7 Å². The highest BCUT2D eigenvalue weighted by atomic mass is 79.9. The molecule has 3 amide bonds. The van der Waals surface area contributed by atoms with Gasteiger partial charge < -0.3 is 25.4 Å². The molecule has 1 spiro atoms. The van der Waals surface area contributed by atoms with Gasteiger partial charge in [-0.05, 0) is 31.2 Å². The molecule has 1 aromatic carbocycles. The topological polar surface area (TPSA) is 108 Å². The summed E-state index contributed by atoms with van der Waals surface area (Å²) in [6, 6.07) is 8.20. The summed E-state index contributed by atoms with van der Waals surface area (Å²) in [7, 11) is 1.56. The van der Waals surface area contributed by atoms with E-state index < -0.39 is 35.6 Å². The fourth-order valence-corrected chi connectivity index (χ4v) is 7.83. The van der Waals surface area contributed by atoms with Gasteiger partial charge in [0.05, 0.1) is 30.6 Å². The Morgan fingerprint density at radius 3 is 2.57 bits per heavy atom. The molecule has 3 aliphatic heterocycles. The van der Waals surface area contributed by atoms with Gasteiger partial charge in [0.25, 0.3) is 0 Å². The zero-order valence-corrected chi connectivity index (χ0v) is 21.6. The molecule has 7 atom stereocenters. The Morgan fingerprint density at radius 1 is 1.20 bits per heavy atom. The molecule has 190 valence electrons. The number of rotatable bonds is 7. The van der Waals surface area contributed by atoms with Crippen molar-refractivity contribution in [1.82, 2.24) is 15.5 Å². The average Bonchev–Trinajstić information content (AvgIpc) is 3.46. The smallest absolute Gasteiger partial charge is 0.246 e. The van der Waals surface area contributed by atoms with E-state index in [1.807, 2.05) is 30.3 Å². The quantitative estimate of drug-likeness (QED) is 0.448. The van der Waals surface area contributed by atoms with E-state index in [2.05, 4.69) is 26.6 Å². The molecule has 8 nitrogen and oxygen atoms in total. The van der Waals surface area contributed by atoms with Gasteiger partial charge in [0.1, 0.15) is 11.6 Å². The predicted octanol–water partition coefficient (Wildman–Crippen LogP) is 1.53. The van der Waals surface area contributed by atoms with Crippen LogP contribution in [0.3, 0.4) is 0 Å². The number of aliphatic hydroxyl groups is 1. The number of halogens is 1. The molecule has 1 saturated carbocycles. The number of nitrogens with zero attached hydrogens (tertiary/aromatic N) is 1. The molecule has 3 unspecified atom stereocenters. The van der Waals surface area contributed by atoms with Gasteiger partial charge in [0.15, 0.2) is 0 Å². The third-order valence-electron chi connectivity index (χ3n) is 8.39. The van der Waals surface area contributed by atoms with E-state index in [1.54, 1.807) is 11.9 Å². The zero-order valence-electron chi connectivity index (χ0n) is 20.0. The monoisotopic (exact) mass is 547 g/mol. The van der Waals surface area contributed by atoms with Crippen molar-refractivity contribution in [2.24, 2.45) is 11.8 Å². The Hall–Kier alpha value is -1.97. The maximum atomic E-state index is 14.1. The van der Waals surface area contributed by atoms with E-state index in [0.717, 1.165) is 31.2 Å². The summed E-state index contributed by atoms with van der Waals surface area (Å²) < 4.78 is 6.49. The number of alkyl halides is 1. The first-order valence-corrected chi connectivity index (χ1v) is 13.6. The first kappa shape index (κ1) is 24.7. The van der Waals surface area contributed by atoms with Crippen molar-refractivity contribution >= 4 is 33.7 Å². The summed E-state index contributed by atoms with van der Waals surface area (Å²) in [6.07, 6.45) is 5.54. The van der Waals surface area contributed by atoms with Crippen molar-refractivity contribution in [1.29, 1.82) is 0 Å². The molecule has 0 aromatic heterocycles. The lowest BCUT2D eigenvalue weighted by atomic mass is 9.70. The van der Waals surface area contributed by atoms with Gasteiger partial charge in [-0.25, -0.2) is 0 Å². The lowest BCUT2D eigenvalue weighted by Crippen LogP contribution is -2.60. The molecule has 3 heterocycles. The van der Waals surface area contributed by atoms with Crippen LogP contribution < -0.4 is 10.6 Å². The van der Waals surface area contributed by atoms with E-state index in [0.29, 0.717) is 12.8 Å². The summed E-state index contributed by atoms with van der Waals surface area (Å²) in [5, 5.41) is 16.3. The highest BCUT2D eigenvalue weighted by Crippen LogP contribution is 2.60. The van der Waals surface area contributed by atoms with Crippen molar-refractivity contribution in [2.45, 2.75) is 79.6 Å². The summed E-state index contributed by atoms with van der Waals surface area (Å²) >= 11 is 3.67. The average molecular weight is 548 g/mol. The maximum absolute atomic E-state index is 14.1. The number of nitrogens with one attached hydrogen (secondary N) is 2. The molecule has 1 aromatic rings. The molecular weight excluding hydrogens is 514 g/mol. The molecule has 35 heavy (non-hydrogen) atoms. The number of ether oxygens (including phenoxy) is 1. The van der Waals surface area contributed by atoms with Crippen LogP contribution in [0.4, 0.5) is 0 Å². The summed E-state index contributed by atoms with van der Waals surface area (Å²) in [6.45, 7) is -0.289. The molecule has 3 N–H and O–H groups in total. The minimum absolute atomic E-state index is 0.0680. The van der Waals surface area contributed by atoms with Gasteiger partial charge in [-0.3, -0.25) is 14.4 Å². The molecule has 0 radical (unpaired) electrons. The second kappa shape index (κ2) is 9.82. The Kier molecular flexibility index (Phi) is 6.94. The van der Waals surface area contributed by atoms with Gasteiger partial charge in [-0.2, -0.15) is 0 Å². The lowest BCUT2D eigenvalue weighted by Gasteiger charge is -2.38. The van der Waals surface area contributed by atoms with E-state index >= 15 is 0 Å². The predicted molar refractivity (Wildman–Crippen MR) is 133 cm³/mol. The SMILES string of the molecule is CNC(=O)[C@H]1[C@H]2C(=O)N([C@@H](CO)Cc3ccccc3)C(C(=O)NC3CCCCC3)C23CC(Br)[C@@H]1O3. The summed E-state index contributed by atoms with van der Waals surface area (Å²) in [4.78, 5) is 42.3. The molecule has 2 bridgehead atoms. The minimum Gasteiger partial charge on any atom is -0.394 e. The number of amides is 3. The van der Waals surface area contributed by atoms with E-state index in [1.165, 1.54) is 6.42 Å². The Bertz CT molecular complexity index is 971. The Morgan fingerprint density at radius 2 is 1.91 bits per heavy atom. The highest BCUT2D eigenvalue weighted by Gasteiger charge is 2.77. The molecule has 1 aliphatic carbocycles. The normalized spacial score (nSPS) is 35.1. The van der Waals surface area contributed by atoms with Crippen molar-refractivity contribution in [3.8, 4) is 0 Å². The Labute approximate surface area is 214 Å². The zero-order chi connectivity index (χ0) is 24.7. The van der Waals surface area contributed by atoms with Crippen LogP contribution in [0, 0.1) is 11.8 Å². The van der Waals surface area contributed by atoms with Gasteiger partial charge >= 0.3 is 0 Å². The standard InChI is InChI=1S/C26H34BrN3O5/c1-28-23(32)19-20-25(34)30(17(14-31)12-15-8-4-2-5-9-15)22(26(20)13-18(27)21(19)35-26)24(33)29-16-10-6-3-7-11-16/h2,4-5,8-9,16-22,31H,3,6-7,10-14H2,1H3,(H,28,32)(H,29,33)/t17-,18?,19+,20+,21+,22?,26?/m1/s1. The molecule has 5 rings (SSSR count). The number of carbonyl (C=O) groups is 3. The van der Waals surface area contributed by atoms with Gasteiger partial charge in [0.2, 0.25) is 17.7 Å². The second-order valence-electron chi connectivity index (χ2n) is 10.4. The van der Waals surface area contributed by atoms with E-state index in [9.17, 15) is 19.5 Å². The lowest BCUT2D eigenvalue weighted by molar-refractivity contribution is -0.145. The fraction of sp³-hybridized carbons (Fsp3) is 0.654. The fourth-order valence-electron chi connectivity index (χ4n) is 6.89. The van der Waals surface area contributed by atoms with Gasteiger partial charge in [0, 0.05) is 17.9 Å². The van der Waals surface area contributed by atoms with Crippen LogP contribution in [0.1, 0.15) is 44.1 Å². The number of hydrogen-bond acceptors (Lipinski definition) is 5. The Balaban J connectivity index is 1.53.